The maximum absolute atomic E-state index is 9.04. The van der Waals surface area contributed by atoms with Gasteiger partial charge in [-0.1, -0.05) is 11.8 Å². The van der Waals surface area contributed by atoms with Crippen LogP contribution in [-0.2, 0) is 0 Å². The minimum absolute atomic E-state index is 0.563. The van der Waals surface area contributed by atoms with E-state index in [1.807, 2.05) is 18.2 Å². The minimum Gasteiger partial charge on any atom is -0.495 e. The molecule has 4 heteroatoms. The van der Waals surface area contributed by atoms with Gasteiger partial charge in [-0.25, -0.2) is 0 Å². The molecule has 0 saturated heterocycles. The average molecular weight is 367 g/mol. The first-order valence-corrected chi connectivity index (χ1v) is 7.14. The topological polar surface area (TPSA) is 33.0 Å². The van der Waals surface area contributed by atoms with E-state index < -0.39 is 0 Å². The Kier molecular flexibility index (Phi) is 4.50. The smallest absolute Gasteiger partial charge is 0.136 e. The molecule has 0 atom stereocenters. The van der Waals surface area contributed by atoms with Crippen molar-refractivity contribution in [1.82, 2.24) is 0 Å². The maximum atomic E-state index is 9.04. The van der Waals surface area contributed by atoms with Crippen LogP contribution in [0, 0.1) is 14.9 Å². The van der Waals surface area contributed by atoms with Gasteiger partial charge in [-0.05, 0) is 65.1 Å². The van der Waals surface area contributed by atoms with Gasteiger partial charge in [-0.15, -0.1) is 0 Å². The summed E-state index contributed by atoms with van der Waals surface area (Å²) in [7, 11) is 1.57. The van der Waals surface area contributed by atoms with Crippen molar-refractivity contribution in [3.8, 4) is 11.8 Å². The van der Waals surface area contributed by atoms with Crippen molar-refractivity contribution < 1.29 is 4.74 Å². The van der Waals surface area contributed by atoms with Gasteiger partial charge in [0.25, 0.3) is 0 Å². The monoisotopic (exact) mass is 367 g/mol. The van der Waals surface area contributed by atoms with E-state index in [0.29, 0.717) is 11.3 Å². The van der Waals surface area contributed by atoms with Gasteiger partial charge in [0.2, 0.25) is 0 Å². The zero-order valence-electron chi connectivity index (χ0n) is 9.68. The Morgan fingerprint density at radius 3 is 2.39 bits per heavy atom. The second-order valence-electron chi connectivity index (χ2n) is 3.53. The van der Waals surface area contributed by atoms with Gasteiger partial charge in [0, 0.05) is 13.4 Å². The molecule has 90 valence electrons. The molecule has 2 nitrogen and oxygen atoms in total. The molecule has 2 aromatic rings. The van der Waals surface area contributed by atoms with Crippen LogP contribution in [0.3, 0.4) is 0 Å². The molecule has 2 rings (SSSR count). The summed E-state index contributed by atoms with van der Waals surface area (Å²) in [5.74, 6) is 0.615. The minimum atomic E-state index is 0.563. The van der Waals surface area contributed by atoms with Crippen LogP contribution in [0.1, 0.15) is 5.56 Å². The van der Waals surface area contributed by atoms with Crippen molar-refractivity contribution in [1.29, 1.82) is 5.26 Å². The summed E-state index contributed by atoms with van der Waals surface area (Å²) in [6.07, 6.45) is 0. The molecule has 0 aliphatic rings. The van der Waals surface area contributed by atoms with Gasteiger partial charge < -0.3 is 4.74 Å². The van der Waals surface area contributed by atoms with Crippen LogP contribution in [0.4, 0.5) is 0 Å². The highest BCUT2D eigenvalue weighted by molar-refractivity contribution is 14.1. The lowest BCUT2D eigenvalue weighted by atomic mass is 10.2. The number of halogens is 1. The molecule has 18 heavy (non-hydrogen) atoms. The molecule has 0 heterocycles. The molecular formula is C14H10INOS. The van der Waals surface area contributed by atoms with Gasteiger partial charge in [0.05, 0.1) is 12.7 Å². The molecule has 0 fully saturated rings. The summed E-state index contributed by atoms with van der Waals surface area (Å²) in [6.45, 7) is 0. The van der Waals surface area contributed by atoms with Crippen molar-refractivity contribution >= 4 is 34.4 Å². The lowest BCUT2D eigenvalue weighted by Gasteiger charge is -2.05. The van der Waals surface area contributed by atoms with E-state index in [1.165, 1.54) is 3.57 Å². The van der Waals surface area contributed by atoms with Crippen LogP contribution < -0.4 is 4.74 Å². The SMILES string of the molecule is COc1ccc(Sc2ccc(I)cc2)cc1C#N. The molecule has 0 aliphatic carbocycles. The quantitative estimate of drug-likeness (QED) is 0.758. The summed E-state index contributed by atoms with van der Waals surface area (Å²) < 4.78 is 6.34. The predicted octanol–water partition coefficient (Wildman–Crippen LogP) is 4.32. The predicted molar refractivity (Wildman–Crippen MR) is 81.0 cm³/mol. The Hall–Kier alpha value is -1.19. The molecule has 0 N–H and O–H groups in total. The van der Waals surface area contributed by atoms with E-state index in [-0.39, 0.29) is 0 Å². The first kappa shape index (κ1) is 13.2. The number of benzene rings is 2. The summed E-state index contributed by atoms with van der Waals surface area (Å²) in [4.78, 5) is 2.19. The lowest BCUT2D eigenvalue weighted by Crippen LogP contribution is -1.87. The van der Waals surface area contributed by atoms with Gasteiger partial charge in [-0.3, -0.25) is 0 Å². The molecule has 0 unspecified atom stereocenters. The van der Waals surface area contributed by atoms with Gasteiger partial charge >= 0.3 is 0 Å². The molecule has 0 spiro atoms. The fourth-order valence-corrected chi connectivity index (χ4v) is 2.69. The molecule has 0 bridgehead atoms. The van der Waals surface area contributed by atoms with E-state index in [4.69, 9.17) is 10.00 Å². The summed E-state index contributed by atoms with van der Waals surface area (Å²) in [6, 6.07) is 16.1. The number of rotatable bonds is 3. The third-order valence-electron chi connectivity index (χ3n) is 2.34. The van der Waals surface area contributed by atoms with E-state index in [9.17, 15) is 0 Å². The van der Waals surface area contributed by atoms with Crippen LogP contribution in [0.5, 0.6) is 5.75 Å². The van der Waals surface area contributed by atoms with E-state index in [1.54, 1.807) is 18.9 Å². The molecule has 0 aliphatic heterocycles. The van der Waals surface area contributed by atoms with Crippen molar-refractivity contribution in [2.24, 2.45) is 0 Å². The Morgan fingerprint density at radius 1 is 1.11 bits per heavy atom. The fraction of sp³-hybridized carbons (Fsp3) is 0.0714. The molecular weight excluding hydrogens is 357 g/mol. The summed E-state index contributed by atoms with van der Waals surface area (Å²) in [5.41, 5.74) is 0.563. The number of ether oxygens (including phenoxy) is 1. The largest absolute Gasteiger partial charge is 0.495 e. The normalized spacial score (nSPS) is 9.83. The number of hydrogen-bond donors (Lipinski definition) is 0. The van der Waals surface area contributed by atoms with Crippen LogP contribution in [-0.4, -0.2) is 7.11 Å². The second kappa shape index (κ2) is 6.12. The highest BCUT2D eigenvalue weighted by Gasteiger charge is 2.04. The molecule has 0 saturated carbocycles. The van der Waals surface area contributed by atoms with E-state index in [2.05, 4.69) is 52.9 Å². The number of nitrogens with zero attached hydrogens (tertiary/aromatic N) is 1. The maximum Gasteiger partial charge on any atom is 0.136 e. The zero-order chi connectivity index (χ0) is 13.0. The molecule has 0 radical (unpaired) electrons. The highest BCUT2D eigenvalue weighted by Crippen LogP contribution is 2.31. The van der Waals surface area contributed by atoms with Crippen LogP contribution in [0.2, 0.25) is 0 Å². The van der Waals surface area contributed by atoms with Crippen molar-refractivity contribution in [3.63, 3.8) is 0 Å². The van der Waals surface area contributed by atoms with Crippen LogP contribution >= 0.6 is 34.4 Å². The van der Waals surface area contributed by atoms with Crippen molar-refractivity contribution in [2.75, 3.05) is 7.11 Å². The standard InChI is InChI=1S/C14H10INOS/c1-17-14-7-6-13(8-10(14)9-16)18-12-4-2-11(15)3-5-12/h2-8H,1H3. The highest BCUT2D eigenvalue weighted by atomic mass is 127. The van der Waals surface area contributed by atoms with Crippen LogP contribution in [0.25, 0.3) is 0 Å². The Bertz CT molecular complexity index is 590. The molecule has 2 aromatic carbocycles. The number of nitriles is 1. The Labute approximate surface area is 124 Å². The first-order valence-electron chi connectivity index (χ1n) is 5.24. The average Bonchev–Trinajstić information content (AvgIpc) is 2.41. The molecule has 0 aromatic heterocycles. The van der Waals surface area contributed by atoms with Crippen LogP contribution in [0.15, 0.2) is 52.3 Å². The van der Waals surface area contributed by atoms with Crippen molar-refractivity contribution in [3.05, 3.63) is 51.6 Å². The van der Waals surface area contributed by atoms with E-state index in [0.717, 1.165) is 9.79 Å². The first-order chi connectivity index (χ1) is 8.72. The second-order valence-corrected chi connectivity index (χ2v) is 5.92. The third kappa shape index (κ3) is 3.18. The summed E-state index contributed by atoms with van der Waals surface area (Å²) in [5, 5.41) is 9.04. The van der Waals surface area contributed by atoms with Gasteiger partial charge in [0.15, 0.2) is 0 Å². The van der Waals surface area contributed by atoms with Gasteiger partial charge in [0.1, 0.15) is 11.8 Å². The lowest BCUT2D eigenvalue weighted by molar-refractivity contribution is 0.413. The van der Waals surface area contributed by atoms with Crippen molar-refractivity contribution in [2.45, 2.75) is 9.79 Å². The fourth-order valence-electron chi connectivity index (χ4n) is 1.48. The third-order valence-corrected chi connectivity index (χ3v) is 4.06. The Balaban J connectivity index is 2.25. The summed E-state index contributed by atoms with van der Waals surface area (Å²) >= 11 is 3.91. The van der Waals surface area contributed by atoms with E-state index >= 15 is 0 Å². The number of hydrogen-bond acceptors (Lipinski definition) is 3. The number of methoxy groups -OCH3 is 1. The Morgan fingerprint density at radius 2 is 1.78 bits per heavy atom. The van der Waals surface area contributed by atoms with Gasteiger partial charge in [-0.2, -0.15) is 5.26 Å². The molecule has 0 amide bonds. The zero-order valence-corrected chi connectivity index (χ0v) is 12.7.